The molecule has 0 fully saturated rings. The molecule has 0 amide bonds. The van der Waals surface area contributed by atoms with Gasteiger partial charge in [0.25, 0.3) is 0 Å². The van der Waals surface area contributed by atoms with Crippen LogP contribution in [0.25, 0.3) is 0 Å². The number of halogens is 4. The summed E-state index contributed by atoms with van der Waals surface area (Å²) in [6.07, 6.45) is -1.28. The Labute approximate surface area is 135 Å². The van der Waals surface area contributed by atoms with Crippen LogP contribution in [0.15, 0.2) is 0 Å². The first-order chi connectivity index (χ1) is 9.22. The van der Waals surface area contributed by atoms with Crippen LogP contribution in [0, 0.1) is 11.3 Å². The van der Waals surface area contributed by atoms with Gasteiger partial charge in [0, 0.05) is 6.04 Å². The highest BCUT2D eigenvalue weighted by atomic mass is 35.6. The highest BCUT2D eigenvalue weighted by Gasteiger charge is 2.31. The van der Waals surface area contributed by atoms with Gasteiger partial charge >= 0.3 is 0 Å². The Morgan fingerprint density at radius 2 is 1.80 bits per heavy atom. The average Bonchev–Trinajstić information content (AvgIpc) is 2.26. The number of hydrogen-bond acceptors (Lipinski definition) is 7. The smallest absolute Gasteiger partial charge is 0.234 e. The van der Waals surface area contributed by atoms with Gasteiger partial charge in [0.1, 0.15) is 0 Å². The summed E-state index contributed by atoms with van der Waals surface area (Å²) < 4.78 is -1.96. The average molecular weight is 360 g/mol. The minimum atomic E-state index is -1.96. The second-order valence-electron chi connectivity index (χ2n) is 3.75. The molecule has 11 heteroatoms. The maximum atomic E-state index is 9.57. The zero-order valence-electron chi connectivity index (χ0n) is 10.1. The molecule has 0 saturated carbocycles. The Morgan fingerprint density at radius 1 is 1.25 bits per heavy atom. The van der Waals surface area contributed by atoms with E-state index in [2.05, 4.69) is 25.6 Å². The monoisotopic (exact) mass is 358 g/mol. The van der Waals surface area contributed by atoms with Crippen LogP contribution >= 0.6 is 46.4 Å². The van der Waals surface area contributed by atoms with Crippen molar-refractivity contribution in [3.63, 3.8) is 0 Å². The van der Waals surface area contributed by atoms with E-state index < -0.39 is 10.0 Å². The number of nitriles is 1. The van der Waals surface area contributed by atoms with Crippen LogP contribution in [0.2, 0.25) is 5.28 Å². The largest absolute Gasteiger partial charge is 0.369 e. The quantitative estimate of drug-likeness (QED) is 0.547. The molecule has 0 aliphatic carbocycles. The fraction of sp³-hybridized carbons (Fsp3) is 0.556. The van der Waals surface area contributed by atoms with Crippen molar-refractivity contribution in [3.05, 3.63) is 5.28 Å². The van der Waals surface area contributed by atoms with Gasteiger partial charge in [-0.15, -0.1) is 0 Å². The van der Waals surface area contributed by atoms with Crippen molar-refractivity contribution in [2.24, 2.45) is 0 Å². The molecule has 0 bridgehead atoms. The number of nitrogens with zero attached hydrogens (tertiary/aromatic N) is 4. The zero-order chi connectivity index (χ0) is 15.3. The Balaban J connectivity index is 2.84. The van der Waals surface area contributed by atoms with Gasteiger partial charge in [-0.25, -0.2) is 0 Å². The summed E-state index contributed by atoms with van der Waals surface area (Å²) in [6.45, 7) is 1.77. The highest BCUT2D eigenvalue weighted by Crippen LogP contribution is 2.30. The number of rotatable bonds is 5. The van der Waals surface area contributed by atoms with Crippen molar-refractivity contribution in [1.82, 2.24) is 15.0 Å². The Kier molecular flexibility index (Phi) is 6.30. The van der Waals surface area contributed by atoms with Gasteiger partial charge in [0.15, 0.2) is 6.23 Å². The number of anilines is 2. The first-order valence-electron chi connectivity index (χ1n) is 5.28. The lowest BCUT2D eigenvalue weighted by atomic mass is 10.3. The molecule has 0 radical (unpaired) electrons. The third kappa shape index (κ3) is 5.69. The van der Waals surface area contributed by atoms with Crippen molar-refractivity contribution in [3.8, 4) is 6.07 Å². The third-order valence-electron chi connectivity index (χ3n) is 1.96. The number of nitrogens with one attached hydrogen (secondary N) is 2. The predicted octanol–water partition coefficient (Wildman–Crippen LogP) is 2.34. The van der Waals surface area contributed by atoms with Gasteiger partial charge < -0.3 is 15.7 Å². The molecule has 110 valence electrons. The summed E-state index contributed by atoms with van der Waals surface area (Å²) in [6, 6.07) is 1.80. The topological polar surface area (TPSA) is 107 Å². The van der Waals surface area contributed by atoms with Crippen molar-refractivity contribution in [2.45, 2.75) is 29.4 Å². The maximum absolute atomic E-state index is 9.57. The van der Waals surface area contributed by atoms with E-state index in [1.54, 1.807) is 6.92 Å². The van der Waals surface area contributed by atoms with E-state index in [1.807, 2.05) is 6.07 Å². The molecule has 2 atom stereocenters. The summed E-state index contributed by atoms with van der Waals surface area (Å²) >= 11 is 22.2. The Morgan fingerprint density at radius 3 is 2.30 bits per heavy atom. The lowest BCUT2D eigenvalue weighted by Crippen LogP contribution is -2.34. The van der Waals surface area contributed by atoms with Gasteiger partial charge in [-0.1, -0.05) is 34.8 Å². The lowest BCUT2D eigenvalue weighted by molar-refractivity contribution is 0.207. The molecule has 0 spiro atoms. The Hall–Kier alpha value is -0.780. The summed E-state index contributed by atoms with van der Waals surface area (Å²) in [7, 11) is 0. The molecule has 0 saturated heterocycles. The van der Waals surface area contributed by atoms with Crippen LogP contribution in [0.5, 0.6) is 0 Å². The number of aliphatic hydroxyl groups is 1. The van der Waals surface area contributed by atoms with Crippen LogP contribution in [0.4, 0.5) is 11.9 Å². The van der Waals surface area contributed by atoms with Gasteiger partial charge in [0.2, 0.25) is 21.0 Å². The first kappa shape index (κ1) is 17.3. The van der Waals surface area contributed by atoms with E-state index in [4.69, 9.17) is 51.7 Å². The van der Waals surface area contributed by atoms with Crippen LogP contribution in [-0.2, 0) is 0 Å². The molecule has 3 N–H and O–H groups in total. The molecular weight excluding hydrogens is 350 g/mol. The molecule has 1 aromatic heterocycles. The molecule has 0 aliphatic heterocycles. The fourth-order valence-corrected chi connectivity index (χ4v) is 1.42. The van der Waals surface area contributed by atoms with Gasteiger partial charge in [0.05, 0.1) is 12.5 Å². The maximum Gasteiger partial charge on any atom is 0.234 e. The lowest BCUT2D eigenvalue weighted by Gasteiger charge is -2.20. The SMILES string of the molecule is CC(CC#N)Nc1nc(Cl)nc(NC(O)C(Cl)(Cl)Cl)n1. The fourth-order valence-electron chi connectivity index (χ4n) is 1.09. The van der Waals surface area contributed by atoms with E-state index >= 15 is 0 Å². The van der Waals surface area contributed by atoms with Gasteiger partial charge in [-0.2, -0.15) is 20.2 Å². The first-order valence-corrected chi connectivity index (χ1v) is 6.80. The van der Waals surface area contributed by atoms with Gasteiger partial charge in [-0.3, -0.25) is 0 Å². The molecule has 1 aromatic rings. The van der Waals surface area contributed by atoms with Crippen LogP contribution in [0.1, 0.15) is 13.3 Å². The number of alkyl halides is 3. The number of aliphatic hydroxyl groups excluding tert-OH is 1. The highest BCUT2D eigenvalue weighted by molar-refractivity contribution is 6.68. The van der Waals surface area contributed by atoms with Crippen LogP contribution < -0.4 is 10.6 Å². The van der Waals surface area contributed by atoms with E-state index in [1.165, 1.54) is 0 Å². The molecule has 2 unspecified atom stereocenters. The molecule has 0 aromatic carbocycles. The summed E-state index contributed by atoms with van der Waals surface area (Å²) in [5, 5.41) is 23.2. The Bertz CT molecular complexity index is 502. The summed E-state index contributed by atoms with van der Waals surface area (Å²) in [5.41, 5.74) is 0. The van der Waals surface area contributed by atoms with Crippen LogP contribution in [-0.4, -0.2) is 36.1 Å². The second kappa shape index (κ2) is 7.29. The van der Waals surface area contributed by atoms with E-state index in [0.29, 0.717) is 0 Å². The van der Waals surface area contributed by atoms with E-state index in [0.717, 1.165) is 0 Å². The van der Waals surface area contributed by atoms with E-state index in [-0.39, 0.29) is 29.6 Å². The standard InChI is InChI=1S/C9H10Cl4N6O/c1-4(2-3-14)15-7-17-6(10)18-8(19-7)16-5(20)9(11,12)13/h4-5,20H,2H2,1H3,(H2,15,16,17,18,19). The summed E-state index contributed by atoms with van der Waals surface area (Å²) in [4.78, 5) is 11.5. The second-order valence-corrected chi connectivity index (χ2v) is 6.45. The van der Waals surface area contributed by atoms with Crippen molar-refractivity contribution < 1.29 is 5.11 Å². The molecule has 7 nitrogen and oxygen atoms in total. The minimum Gasteiger partial charge on any atom is -0.369 e. The van der Waals surface area contributed by atoms with Crippen molar-refractivity contribution in [2.75, 3.05) is 10.6 Å². The normalized spacial score (nSPS) is 14.2. The predicted molar refractivity (Wildman–Crippen MR) is 78.1 cm³/mol. The molecular formula is C9H10Cl4N6O. The van der Waals surface area contributed by atoms with Crippen molar-refractivity contribution >= 4 is 58.3 Å². The molecule has 1 rings (SSSR count). The van der Waals surface area contributed by atoms with Gasteiger partial charge in [-0.05, 0) is 18.5 Å². The zero-order valence-corrected chi connectivity index (χ0v) is 13.1. The van der Waals surface area contributed by atoms with Crippen LogP contribution in [0.3, 0.4) is 0 Å². The van der Waals surface area contributed by atoms with Crippen molar-refractivity contribution in [1.29, 1.82) is 5.26 Å². The molecule has 20 heavy (non-hydrogen) atoms. The number of hydrogen-bond donors (Lipinski definition) is 3. The molecule has 1 heterocycles. The molecule has 0 aliphatic rings. The summed E-state index contributed by atoms with van der Waals surface area (Å²) in [5.74, 6) is 0.0576. The van der Waals surface area contributed by atoms with E-state index in [9.17, 15) is 5.11 Å². The third-order valence-corrected chi connectivity index (χ3v) is 2.75. The number of aromatic nitrogens is 3. The minimum absolute atomic E-state index is 0.0736.